The lowest BCUT2D eigenvalue weighted by atomic mass is 10.0. The van der Waals surface area contributed by atoms with E-state index in [9.17, 15) is 0 Å². The van der Waals surface area contributed by atoms with Gasteiger partial charge in [-0.15, -0.1) is 0 Å². The molecule has 1 saturated carbocycles. The Morgan fingerprint density at radius 2 is 2.14 bits per heavy atom. The van der Waals surface area contributed by atoms with Crippen LogP contribution in [-0.2, 0) is 4.74 Å². The number of aromatic nitrogens is 3. The number of ether oxygens (including phenoxy) is 1. The first-order valence-corrected chi connectivity index (χ1v) is 10.3. The molecule has 1 saturated heterocycles. The lowest BCUT2D eigenvalue weighted by Gasteiger charge is -2.25. The zero-order valence-corrected chi connectivity index (χ0v) is 17.1. The molecule has 3 heterocycles. The number of nitrogens with zero attached hydrogens (tertiary/aromatic N) is 3. The zero-order valence-electron chi connectivity index (χ0n) is 16.3. The minimum atomic E-state index is -0.147. The van der Waals surface area contributed by atoms with E-state index in [1.807, 2.05) is 24.6 Å². The maximum atomic E-state index is 8.99. The van der Waals surface area contributed by atoms with E-state index >= 15 is 0 Å². The van der Waals surface area contributed by atoms with Gasteiger partial charge in [-0.25, -0.2) is 9.67 Å². The van der Waals surface area contributed by atoms with Crippen molar-refractivity contribution in [1.82, 2.24) is 14.8 Å². The van der Waals surface area contributed by atoms with Crippen LogP contribution in [0, 0.1) is 5.41 Å². The van der Waals surface area contributed by atoms with Crippen LogP contribution in [0.25, 0.3) is 0 Å². The molecule has 4 N–H and O–H groups in total. The van der Waals surface area contributed by atoms with E-state index in [2.05, 4.69) is 10.3 Å². The second-order valence-corrected chi connectivity index (χ2v) is 8.32. The average molecular weight is 403 g/mol. The number of halogens is 1. The van der Waals surface area contributed by atoms with Crippen LogP contribution in [0.15, 0.2) is 12.3 Å². The van der Waals surface area contributed by atoms with E-state index in [4.69, 9.17) is 32.6 Å². The van der Waals surface area contributed by atoms with Crippen molar-refractivity contribution in [2.24, 2.45) is 0 Å². The van der Waals surface area contributed by atoms with Crippen molar-refractivity contribution in [2.75, 3.05) is 17.7 Å². The number of pyridine rings is 1. The summed E-state index contributed by atoms with van der Waals surface area (Å²) in [5.74, 6) is 0.766. The quantitative estimate of drug-likeness (QED) is 0.624. The molecule has 8 heteroatoms. The lowest BCUT2D eigenvalue weighted by Crippen LogP contribution is -2.24. The lowest BCUT2D eigenvalue weighted by molar-refractivity contribution is -0.0399. The van der Waals surface area contributed by atoms with Crippen molar-refractivity contribution in [3.05, 3.63) is 34.2 Å². The summed E-state index contributed by atoms with van der Waals surface area (Å²) < 4.78 is 7.84. The Hall–Kier alpha value is -2.12. The molecule has 1 unspecified atom stereocenters. The molecule has 1 atom stereocenters. The van der Waals surface area contributed by atoms with E-state index < -0.39 is 0 Å². The smallest absolute Gasteiger partial charge is 0.150 e. The van der Waals surface area contributed by atoms with Gasteiger partial charge in [0, 0.05) is 18.6 Å². The summed E-state index contributed by atoms with van der Waals surface area (Å²) in [6.45, 7) is 4.76. The van der Waals surface area contributed by atoms with Crippen LogP contribution in [0.5, 0.6) is 0 Å². The Morgan fingerprint density at radius 3 is 2.79 bits per heavy atom. The van der Waals surface area contributed by atoms with Gasteiger partial charge in [0.1, 0.15) is 5.82 Å². The third-order valence-corrected chi connectivity index (χ3v) is 5.47. The molecule has 2 aromatic rings. The highest BCUT2D eigenvalue weighted by atomic mass is 35.5. The fourth-order valence-corrected chi connectivity index (χ4v) is 3.83. The SMILES string of the molecule is CC(C)Nc1c(Cl)cnc(N)c1C(=N)c1cc(C2CC2)nn1C1CCCCO1. The molecule has 2 fully saturated rings. The predicted molar refractivity (Wildman–Crippen MR) is 111 cm³/mol. The van der Waals surface area contributed by atoms with Crippen molar-refractivity contribution in [2.45, 2.75) is 64.1 Å². The highest BCUT2D eigenvalue weighted by Crippen LogP contribution is 2.41. The fourth-order valence-electron chi connectivity index (χ4n) is 3.63. The molecule has 28 heavy (non-hydrogen) atoms. The standard InChI is InChI=1S/C20H27ClN6O/c1-11(2)25-19-13(21)10-24-20(23)17(19)18(22)15-9-14(12-6-7-12)26-27(15)16-5-3-4-8-28-16/h9-12,16,22H,3-8H2,1-2H3,(H3,23,24,25). The first-order valence-electron chi connectivity index (χ1n) is 9.96. The van der Waals surface area contributed by atoms with Gasteiger partial charge in [0.15, 0.2) is 6.23 Å². The third-order valence-electron chi connectivity index (χ3n) is 5.18. The summed E-state index contributed by atoms with van der Waals surface area (Å²) in [6, 6.07) is 2.15. The number of hydrogen-bond acceptors (Lipinski definition) is 6. The summed E-state index contributed by atoms with van der Waals surface area (Å²) in [5.41, 5.74) is 9.35. The number of nitrogens with one attached hydrogen (secondary N) is 2. The summed E-state index contributed by atoms with van der Waals surface area (Å²) in [7, 11) is 0. The largest absolute Gasteiger partial charge is 0.383 e. The fraction of sp³-hybridized carbons (Fsp3) is 0.550. The molecule has 1 aliphatic carbocycles. The average Bonchev–Trinajstić information content (AvgIpc) is 3.43. The van der Waals surface area contributed by atoms with Crippen molar-refractivity contribution in [3.8, 4) is 0 Å². The van der Waals surface area contributed by atoms with E-state index in [0.717, 1.165) is 44.4 Å². The van der Waals surface area contributed by atoms with E-state index in [-0.39, 0.29) is 23.8 Å². The number of anilines is 2. The van der Waals surface area contributed by atoms with Crippen LogP contribution in [0.3, 0.4) is 0 Å². The molecule has 4 rings (SSSR count). The molecule has 2 aliphatic rings. The van der Waals surface area contributed by atoms with Gasteiger partial charge in [-0.3, -0.25) is 5.41 Å². The van der Waals surface area contributed by atoms with Gasteiger partial charge in [0.25, 0.3) is 0 Å². The summed E-state index contributed by atoms with van der Waals surface area (Å²) in [5, 5.41) is 17.6. The molecule has 150 valence electrons. The maximum Gasteiger partial charge on any atom is 0.150 e. The molecular formula is C20H27ClN6O. The zero-order chi connectivity index (χ0) is 19.8. The van der Waals surface area contributed by atoms with Crippen LogP contribution in [0.2, 0.25) is 5.02 Å². The van der Waals surface area contributed by atoms with Crippen molar-refractivity contribution >= 4 is 28.8 Å². The van der Waals surface area contributed by atoms with E-state index in [1.165, 1.54) is 6.20 Å². The molecule has 0 aromatic carbocycles. The van der Waals surface area contributed by atoms with Gasteiger partial charge in [-0.2, -0.15) is 5.10 Å². The number of rotatable bonds is 6. The highest BCUT2D eigenvalue weighted by Gasteiger charge is 2.31. The predicted octanol–water partition coefficient (Wildman–Crippen LogP) is 4.33. The van der Waals surface area contributed by atoms with E-state index in [0.29, 0.717) is 27.9 Å². The minimum Gasteiger partial charge on any atom is -0.383 e. The topological polar surface area (TPSA) is 102 Å². The van der Waals surface area contributed by atoms with Gasteiger partial charge >= 0.3 is 0 Å². The summed E-state index contributed by atoms with van der Waals surface area (Å²) in [4.78, 5) is 4.19. The Morgan fingerprint density at radius 1 is 1.36 bits per heavy atom. The van der Waals surface area contributed by atoms with Crippen molar-refractivity contribution < 1.29 is 4.74 Å². The van der Waals surface area contributed by atoms with Gasteiger partial charge in [0.05, 0.1) is 39.6 Å². The maximum absolute atomic E-state index is 8.99. The Balaban J connectivity index is 1.79. The minimum absolute atomic E-state index is 0.138. The molecule has 7 nitrogen and oxygen atoms in total. The summed E-state index contributed by atoms with van der Waals surface area (Å²) in [6.07, 6.45) is 6.73. The molecule has 0 bridgehead atoms. The van der Waals surface area contributed by atoms with Crippen LogP contribution < -0.4 is 11.1 Å². The molecule has 1 aliphatic heterocycles. The number of hydrogen-bond donors (Lipinski definition) is 3. The first-order chi connectivity index (χ1) is 13.5. The molecule has 0 radical (unpaired) electrons. The van der Waals surface area contributed by atoms with Crippen LogP contribution in [0.1, 0.15) is 75.0 Å². The third kappa shape index (κ3) is 3.73. The Bertz CT molecular complexity index is 883. The molecular weight excluding hydrogens is 376 g/mol. The van der Waals surface area contributed by atoms with Gasteiger partial charge in [-0.1, -0.05) is 11.6 Å². The molecule has 2 aromatic heterocycles. The highest BCUT2D eigenvalue weighted by molar-refractivity contribution is 6.35. The van der Waals surface area contributed by atoms with Crippen molar-refractivity contribution in [1.29, 1.82) is 5.41 Å². The van der Waals surface area contributed by atoms with Gasteiger partial charge < -0.3 is 15.8 Å². The van der Waals surface area contributed by atoms with Crippen LogP contribution in [0.4, 0.5) is 11.5 Å². The van der Waals surface area contributed by atoms with E-state index in [1.54, 1.807) is 0 Å². The number of nitrogens with two attached hydrogens (primary N) is 1. The first kappa shape index (κ1) is 19.2. The number of nitrogen functional groups attached to an aromatic ring is 1. The molecule has 0 amide bonds. The Kier molecular flexibility index (Phi) is 5.29. The van der Waals surface area contributed by atoms with Gasteiger partial charge in [-0.05, 0) is 52.0 Å². The van der Waals surface area contributed by atoms with Crippen LogP contribution in [-0.4, -0.2) is 33.1 Å². The second kappa shape index (κ2) is 7.72. The van der Waals surface area contributed by atoms with Crippen LogP contribution >= 0.6 is 11.6 Å². The Labute approximate surface area is 170 Å². The molecule has 0 spiro atoms. The monoisotopic (exact) mass is 402 g/mol. The van der Waals surface area contributed by atoms with Gasteiger partial charge in [0.2, 0.25) is 0 Å². The summed E-state index contributed by atoms with van der Waals surface area (Å²) >= 11 is 6.41. The second-order valence-electron chi connectivity index (χ2n) is 7.91. The van der Waals surface area contributed by atoms with Crippen molar-refractivity contribution in [3.63, 3.8) is 0 Å². The normalized spacial score (nSPS) is 19.8.